The van der Waals surface area contributed by atoms with Gasteiger partial charge in [-0.3, -0.25) is 9.59 Å². The molecule has 5 heteroatoms. The van der Waals surface area contributed by atoms with E-state index in [4.69, 9.17) is 4.74 Å². The minimum atomic E-state index is -0.695. The van der Waals surface area contributed by atoms with Crippen molar-refractivity contribution in [3.63, 3.8) is 0 Å². The number of nitrogens with one attached hydrogen (secondary N) is 1. The normalized spacial score (nSPS) is 11.4. The Kier molecular flexibility index (Phi) is 6.46. The van der Waals surface area contributed by atoms with Gasteiger partial charge in [0, 0.05) is 17.2 Å². The molecule has 0 aliphatic rings. The Labute approximate surface area is 147 Å². The summed E-state index contributed by atoms with van der Waals surface area (Å²) in [6, 6.07) is 15.1. The molecule has 2 rings (SSSR count). The van der Waals surface area contributed by atoms with E-state index >= 15 is 0 Å². The Hall–Kier alpha value is -2.95. The number of hydrogen-bond acceptors (Lipinski definition) is 4. The molecule has 2 aromatic carbocycles. The molecule has 0 fully saturated rings. The maximum absolute atomic E-state index is 12.6. The number of ketones is 1. The quantitative estimate of drug-likeness (QED) is 0.622. The van der Waals surface area contributed by atoms with Crippen LogP contribution in [-0.4, -0.2) is 30.3 Å². The van der Waals surface area contributed by atoms with Gasteiger partial charge < -0.3 is 10.1 Å². The number of carbonyl (C=O) groups excluding carboxylic acids is 3. The molecular formula is C20H21NO4. The summed E-state index contributed by atoms with van der Waals surface area (Å²) in [4.78, 5) is 36.6. The van der Waals surface area contributed by atoms with E-state index in [2.05, 4.69) is 5.32 Å². The fourth-order valence-corrected chi connectivity index (χ4v) is 2.23. The fraction of sp³-hybridized carbons (Fsp3) is 0.250. The van der Waals surface area contributed by atoms with Crippen LogP contribution >= 0.6 is 0 Å². The second kappa shape index (κ2) is 8.78. The lowest BCUT2D eigenvalue weighted by Gasteiger charge is -2.12. The molecule has 1 amide bonds. The summed E-state index contributed by atoms with van der Waals surface area (Å²) in [7, 11) is 0. The molecule has 1 N–H and O–H groups in total. The summed E-state index contributed by atoms with van der Waals surface area (Å²) < 4.78 is 5.06. The van der Waals surface area contributed by atoms with Gasteiger partial charge in [0.2, 0.25) is 0 Å². The molecule has 0 spiro atoms. The monoisotopic (exact) mass is 339 g/mol. The third-order valence-corrected chi connectivity index (χ3v) is 3.78. The van der Waals surface area contributed by atoms with E-state index in [1.54, 1.807) is 42.5 Å². The minimum absolute atomic E-state index is 0.0122. The summed E-state index contributed by atoms with van der Waals surface area (Å²) in [5, 5.41) is 2.72. The lowest BCUT2D eigenvalue weighted by molar-refractivity contribution is -0.124. The van der Waals surface area contributed by atoms with Gasteiger partial charge in [0.25, 0.3) is 5.91 Å². The summed E-state index contributed by atoms with van der Waals surface area (Å²) in [5.74, 6) is -1.33. The predicted octanol–water partition coefficient (Wildman–Crippen LogP) is 2.99. The molecular weight excluding hydrogens is 318 g/mol. The molecule has 0 unspecified atom stereocenters. The first-order valence-electron chi connectivity index (χ1n) is 8.18. The van der Waals surface area contributed by atoms with Crippen LogP contribution in [0, 0.1) is 0 Å². The van der Waals surface area contributed by atoms with Crippen LogP contribution in [0.3, 0.4) is 0 Å². The number of hydrogen-bond donors (Lipinski definition) is 1. The molecule has 25 heavy (non-hydrogen) atoms. The smallest absolute Gasteiger partial charge is 0.339 e. The molecule has 2 aromatic rings. The first kappa shape index (κ1) is 18.4. The van der Waals surface area contributed by atoms with Gasteiger partial charge in [-0.25, -0.2) is 4.79 Å². The number of rotatable bonds is 7. The lowest BCUT2D eigenvalue weighted by Crippen LogP contribution is -2.35. The maximum atomic E-state index is 12.6. The highest BCUT2D eigenvalue weighted by Crippen LogP contribution is 2.15. The van der Waals surface area contributed by atoms with Crippen LogP contribution < -0.4 is 5.32 Å². The Bertz CT molecular complexity index is 755. The van der Waals surface area contributed by atoms with Crippen LogP contribution in [0.4, 0.5) is 0 Å². The molecule has 0 aliphatic heterocycles. The van der Waals surface area contributed by atoms with Gasteiger partial charge >= 0.3 is 5.97 Å². The van der Waals surface area contributed by atoms with Gasteiger partial charge in [0.15, 0.2) is 12.4 Å². The second-order valence-electron chi connectivity index (χ2n) is 5.69. The van der Waals surface area contributed by atoms with Gasteiger partial charge in [-0.05, 0) is 19.4 Å². The summed E-state index contributed by atoms with van der Waals surface area (Å²) >= 11 is 0. The van der Waals surface area contributed by atoms with Crippen molar-refractivity contribution >= 4 is 17.7 Å². The Morgan fingerprint density at radius 1 is 0.960 bits per heavy atom. The molecule has 0 bridgehead atoms. The van der Waals surface area contributed by atoms with E-state index in [0.29, 0.717) is 5.56 Å². The van der Waals surface area contributed by atoms with Gasteiger partial charge in [0.1, 0.15) is 0 Å². The van der Waals surface area contributed by atoms with Gasteiger partial charge in [-0.1, -0.05) is 55.5 Å². The molecule has 0 saturated heterocycles. The molecule has 0 saturated carbocycles. The van der Waals surface area contributed by atoms with Crippen molar-refractivity contribution in [1.29, 1.82) is 0 Å². The maximum Gasteiger partial charge on any atom is 0.339 e. The van der Waals surface area contributed by atoms with E-state index in [1.165, 1.54) is 6.07 Å². The molecule has 0 heterocycles. The number of benzene rings is 2. The molecule has 5 nitrogen and oxygen atoms in total. The van der Waals surface area contributed by atoms with Crippen LogP contribution in [0.1, 0.15) is 46.5 Å². The topological polar surface area (TPSA) is 72.5 Å². The lowest BCUT2D eigenvalue weighted by atomic mass is 9.98. The summed E-state index contributed by atoms with van der Waals surface area (Å²) in [5.41, 5.74) is 0.881. The number of carbonyl (C=O) groups is 3. The van der Waals surface area contributed by atoms with Crippen molar-refractivity contribution in [2.45, 2.75) is 26.3 Å². The summed E-state index contributed by atoms with van der Waals surface area (Å²) in [6.45, 7) is 3.44. The van der Waals surface area contributed by atoms with Crippen molar-refractivity contribution in [3.05, 3.63) is 71.3 Å². The predicted molar refractivity (Wildman–Crippen MR) is 94.5 cm³/mol. The van der Waals surface area contributed by atoms with Crippen molar-refractivity contribution in [2.75, 3.05) is 6.61 Å². The highest BCUT2D eigenvalue weighted by atomic mass is 16.5. The van der Waals surface area contributed by atoms with E-state index < -0.39 is 5.97 Å². The second-order valence-corrected chi connectivity index (χ2v) is 5.69. The molecule has 0 aliphatic carbocycles. The number of ether oxygens (including phenoxy) is 1. The Balaban J connectivity index is 2.11. The zero-order chi connectivity index (χ0) is 18.2. The van der Waals surface area contributed by atoms with Gasteiger partial charge in [-0.2, -0.15) is 0 Å². The van der Waals surface area contributed by atoms with Crippen molar-refractivity contribution < 1.29 is 19.1 Å². The van der Waals surface area contributed by atoms with Crippen LogP contribution in [-0.2, 0) is 9.53 Å². The third kappa shape index (κ3) is 5.01. The zero-order valence-electron chi connectivity index (χ0n) is 14.3. The highest BCUT2D eigenvalue weighted by Gasteiger charge is 2.19. The fourth-order valence-electron chi connectivity index (χ4n) is 2.23. The standard InChI is InChI=1S/C20H21NO4/c1-3-14(2)21-18(22)13-25-20(24)17-12-8-7-11-16(17)19(23)15-9-5-4-6-10-15/h4-12,14H,3,13H2,1-2H3,(H,21,22)/t14-/m0/s1. The zero-order valence-corrected chi connectivity index (χ0v) is 14.3. The largest absolute Gasteiger partial charge is 0.452 e. The van der Waals surface area contributed by atoms with Crippen LogP contribution in [0.25, 0.3) is 0 Å². The van der Waals surface area contributed by atoms with Gasteiger partial charge in [0.05, 0.1) is 5.56 Å². The first-order chi connectivity index (χ1) is 12.0. The van der Waals surface area contributed by atoms with Gasteiger partial charge in [-0.15, -0.1) is 0 Å². The van der Waals surface area contributed by atoms with Crippen molar-refractivity contribution in [3.8, 4) is 0 Å². The summed E-state index contributed by atoms with van der Waals surface area (Å²) in [6.07, 6.45) is 0.786. The van der Waals surface area contributed by atoms with Crippen LogP contribution in [0.15, 0.2) is 54.6 Å². The average Bonchev–Trinajstić information content (AvgIpc) is 2.66. The Morgan fingerprint density at radius 2 is 1.56 bits per heavy atom. The molecule has 130 valence electrons. The SMILES string of the molecule is CC[C@H](C)NC(=O)COC(=O)c1ccccc1C(=O)c1ccccc1. The molecule has 1 atom stereocenters. The van der Waals surface area contributed by atoms with Crippen molar-refractivity contribution in [1.82, 2.24) is 5.32 Å². The number of esters is 1. The van der Waals surface area contributed by atoms with E-state index in [-0.39, 0.29) is 35.5 Å². The van der Waals surface area contributed by atoms with E-state index in [1.807, 2.05) is 19.9 Å². The first-order valence-corrected chi connectivity index (χ1v) is 8.18. The molecule has 0 radical (unpaired) electrons. The van der Waals surface area contributed by atoms with E-state index in [9.17, 15) is 14.4 Å². The average molecular weight is 339 g/mol. The highest BCUT2D eigenvalue weighted by molar-refractivity contribution is 6.14. The van der Waals surface area contributed by atoms with Crippen molar-refractivity contribution in [2.24, 2.45) is 0 Å². The third-order valence-electron chi connectivity index (χ3n) is 3.78. The van der Waals surface area contributed by atoms with E-state index in [0.717, 1.165) is 6.42 Å². The van der Waals surface area contributed by atoms with Crippen LogP contribution in [0.5, 0.6) is 0 Å². The minimum Gasteiger partial charge on any atom is -0.452 e. The number of amides is 1. The molecule has 0 aromatic heterocycles. The van der Waals surface area contributed by atoms with Crippen LogP contribution in [0.2, 0.25) is 0 Å². The Morgan fingerprint density at radius 3 is 2.20 bits per heavy atom.